The Labute approximate surface area is 139 Å². The summed E-state index contributed by atoms with van der Waals surface area (Å²) >= 11 is 0. The van der Waals surface area contributed by atoms with Gasteiger partial charge in [0.1, 0.15) is 5.75 Å². The molecule has 2 fully saturated rings. The highest BCUT2D eigenvalue weighted by Crippen LogP contribution is 2.25. The highest BCUT2D eigenvalue weighted by atomic mass is 16.5. The van der Waals surface area contributed by atoms with Crippen LogP contribution in [0.3, 0.4) is 0 Å². The SMILES string of the molecule is O=C(CCc1cccc(OC2CCCC2)c1)NCC1CCCC1. The Hall–Kier alpha value is -1.51. The molecule has 1 amide bonds. The van der Waals surface area contributed by atoms with Gasteiger partial charge in [0.05, 0.1) is 6.10 Å². The fourth-order valence-electron chi connectivity index (χ4n) is 3.79. The monoisotopic (exact) mass is 315 g/mol. The number of benzene rings is 1. The average molecular weight is 315 g/mol. The second-order valence-electron chi connectivity index (χ2n) is 7.13. The second kappa shape index (κ2) is 8.37. The minimum atomic E-state index is 0.180. The van der Waals surface area contributed by atoms with E-state index in [0.29, 0.717) is 18.4 Å². The van der Waals surface area contributed by atoms with Gasteiger partial charge in [0, 0.05) is 13.0 Å². The van der Waals surface area contributed by atoms with E-state index in [-0.39, 0.29) is 5.91 Å². The van der Waals surface area contributed by atoms with Crippen LogP contribution in [0, 0.1) is 5.92 Å². The Balaban J connectivity index is 1.41. The van der Waals surface area contributed by atoms with Crippen molar-refractivity contribution < 1.29 is 9.53 Å². The van der Waals surface area contributed by atoms with Crippen LogP contribution in [0.2, 0.25) is 0 Å². The number of rotatable bonds is 7. The predicted octanol–water partition coefficient (Wildman–Crippen LogP) is 4.25. The molecule has 1 N–H and O–H groups in total. The third-order valence-corrected chi connectivity index (χ3v) is 5.21. The summed E-state index contributed by atoms with van der Waals surface area (Å²) in [5.41, 5.74) is 1.19. The molecule has 0 atom stereocenters. The molecular formula is C20H29NO2. The van der Waals surface area contributed by atoms with Gasteiger partial charge in [-0.05, 0) is 68.6 Å². The van der Waals surface area contributed by atoms with Gasteiger partial charge >= 0.3 is 0 Å². The predicted molar refractivity (Wildman–Crippen MR) is 92.6 cm³/mol. The fraction of sp³-hybridized carbons (Fsp3) is 0.650. The van der Waals surface area contributed by atoms with Gasteiger partial charge in [-0.1, -0.05) is 25.0 Å². The molecule has 23 heavy (non-hydrogen) atoms. The van der Waals surface area contributed by atoms with Crippen molar-refractivity contribution in [1.29, 1.82) is 0 Å². The maximum absolute atomic E-state index is 12.0. The van der Waals surface area contributed by atoms with E-state index in [0.717, 1.165) is 18.7 Å². The molecule has 2 saturated carbocycles. The number of carbonyl (C=O) groups excluding carboxylic acids is 1. The van der Waals surface area contributed by atoms with Crippen LogP contribution in [0.1, 0.15) is 63.4 Å². The molecular weight excluding hydrogens is 286 g/mol. The quantitative estimate of drug-likeness (QED) is 0.817. The number of ether oxygens (including phenoxy) is 1. The van der Waals surface area contributed by atoms with Gasteiger partial charge in [0.2, 0.25) is 5.91 Å². The molecule has 0 saturated heterocycles. The zero-order valence-electron chi connectivity index (χ0n) is 14.1. The van der Waals surface area contributed by atoms with Gasteiger partial charge < -0.3 is 10.1 Å². The first kappa shape index (κ1) is 16.4. The van der Waals surface area contributed by atoms with E-state index in [1.54, 1.807) is 0 Å². The van der Waals surface area contributed by atoms with Crippen molar-refractivity contribution in [3.8, 4) is 5.75 Å². The van der Waals surface area contributed by atoms with E-state index >= 15 is 0 Å². The van der Waals surface area contributed by atoms with Crippen LogP contribution in [-0.2, 0) is 11.2 Å². The summed E-state index contributed by atoms with van der Waals surface area (Å²) in [6.07, 6.45) is 11.9. The molecule has 0 bridgehead atoms. The molecule has 1 aromatic carbocycles. The number of amides is 1. The van der Waals surface area contributed by atoms with Crippen molar-refractivity contribution in [3.05, 3.63) is 29.8 Å². The fourth-order valence-corrected chi connectivity index (χ4v) is 3.79. The first-order valence-corrected chi connectivity index (χ1v) is 9.32. The Morgan fingerprint density at radius 3 is 2.61 bits per heavy atom. The number of carbonyl (C=O) groups is 1. The van der Waals surface area contributed by atoms with E-state index in [4.69, 9.17) is 4.74 Å². The molecule has 0 heterocycles. The van der Waals surface area contributed by atoms with Crippen molar-refractivity contribution in [2.45, 2.75) is 70.3 Å². The second-order valence-corrected chi connectivity index (χ2v) is 7.13. The third-order valence-electron chi connectivity index (χ3n) is 5.21. The standard InChI is InChI=1S/C20H29NO2/c22-20(21-15-17-6-1-2-7-17)13-12-16-8-5-11-19(14-16)23-18-9-3-4-10-18/h5,8,11,14,17-18H,1-4,6-7,9-10,12-13,15H2,(H,21,22). The number of nitrogens with one attached hydrogen (secondary N) is 1. The smallest absolute Gasteiger partial charge is 0.220 e. The molecule has 0 aliphatic heterocycles. The molecule has 0 aromatic heterocycles. The third kappa shape index (κ3) is 5.26. The van der Waals surface area contributed by atoms with Gasteiger partial charge in [-0.15, -0.1) is 0 Å². The Morgan fingerprint density at radius 1 is 1.09 bits per heavy atom. The molecule has 3 nitrogen and oxygen atoms in total. The van der Waals surface area contributed by atoms with Crippen molar-refractivity contribution in [2.75, 3.05) is 6.54 Å². The summed E-state index contributed by atoms with van der Waals surface area (Å²) in [5.74, 6) is 1.85. The van der Waals surface area contributed by atoms with Gasteiger partial charge in [-0.3, -0.25) is 4.79 Å². The van der Waals surface area contributed by atoms with Crippen LogP contribution in [0.5, 0.6) is 5.75 Å². The van der Waals surface area contributed by atoms with Crippen molar-refractivity contribution in [2.24, 2.45) is 5.92 Å². The summed E-state index contributed by atoms with van der Waals surface area (Å²) in [6.45, 7) is 0.865. The van der Waals surface area contributed by atoms with Crippen LogP contribution in [0.25, 0.3) is 0 Å². The zero-order chi connectivity index (χ0) is 15.9. The highest BCUT2D eigenvalue weighted by molar-refractivity contribution is 5.76. The van der Waals surface area contributed by atoms with Gasteiger partial charge in [0.15, 0.2) is 0 Å². The summed E-state index contributed by atoms with van der Waals surface area (Å²) in [6, 6.07) is 8.26. The van der Waals surface area contributed by atoms with Crippen LogP contribution in [0.4, 0.5) is 0 Å². The number of hydrogen-bond donors (Lipinski definition) is 1. The first-order chi connectivity index (χ1) is 11.3. The molecule has 2 aliphatic rings. The lowest BCUT2D eigenvalue weighted by atomic mass is 10.1. The van der Waals surface area contributed by atoms with E-state index < -0.39 is 0 Å². The van der Waals surface area contributed by atoms with E-state index in [1.807, 2.05) is 12.1 Å². The maximum Gasteiger partial charge on any atom is 0.220 e. The molecule has 0 radical (unpaired) electrons. The molecule has 126 valence electrons. The lowest BCUT2D eigenvalue weighted by molar-refractivity contribution is -0.121. The van der Waals surface area contributed by atoms with Crippen molar-refractivity contribution >= 4 is 5.91 Å². The van der Waals surface area contributed by atoms with Crippen LogP contribution < -0.4 is 10.1 Å². The van der Waals surface area contributed by atoms with Crippen LogP contribution in [-0.4, -0.2) is 18.6 Å². The van der Waals surface area contributed by atoms with Gasteiger partial charge in [0.25, 0.3) is 0 Å². The molecule has 0 unspecified atom stereocenters. The molecule has 3 rings (SSSR count). The normalized spacial score (nSPS) is 19.1. The summed E-state index contributed by atoms with van der Waals surface area (Å²) in [4.78, 5) is 12.0. The Kier molecular flexibility index (Phi) is 5.95. The molecule has 3 heteroatoms. The minimum absolute atomic E-state index is 0.180. The van der Waals surface area contributed by atoms with Crippen molar-refractivity contribution in [1.82, 2.24) is 5.32 Å². The van der Waals surface area contributed by atoms with Gasteiger partial charge in [-0.2, -0.15) is 0 Å². The molecule has 2 aliphatic carbocycles. The average Bonchev–Trinajstić information content (AvgIpc) is 3.25. The zero-order valence-corrected chi connectivity index (χ0v) is 14.1. The summed E-state index contributed by atoms with van der Waals surface area (Å²) in [7, 11) is 0. The minimum Gasteiger partial charge on any atom is -0.490 e. The van der Waals surface area contributed by atoms with E-state index in [2.05, 4.69) is 17.4 Å². The van der Waals surface area contributed by atoms with Crippen LogP contribution in [0.15, 0.2) is 24.3 Å². The Morgan fingerprint density at radius 2 is 1.83 bits per heavy atom. The van der Waals surface area contributed by atoms with Crippen LogP contribution >= 0.6 is 0 Å². The molecule has 1 aromatic rings. The maximum atomic E-state index is 12.0. The van der Waals surface area contributed by atoms with E-state index in [1.165, 1.54) is 56.9 Å². The van der Waals surface area contributed by atoms with Crippen molar-refractivity contribution in [3.63, 3.8) is 0 Å². The summed E-state index contributed by atoms with van der Waals surface area (Å²) < 4.78 is 6.04. The lowest BCUT2D eigenvalue weighted by Gasteiger charge is -2.14. The van der Waals surface area contributed by atoms with E-state index in [9.17, 15) is 4.79 Å². The summed E-state index contributed by atoms with van der Waals surface area (Å²) in [5, 5.41) is 3.10. The first-order valence-electron chi connectivity index (χ1n) is 9.32. The number of aryl methyl sites for hydroxylation is 1. The Bertz CT molecular complexity index is 502. The lowest BCUT2D eigenvalue weighted by Crippen LogP contribution is -2.28. The number of hydrogen-bond acceptors (Lipinski definition) is 2. The largest absolute Gasteiger partial charge is 0.490 e. The van der Waals surface area contributed by atoms with Gasteiger partial charge in [-0.25, -0.2) is 0 Å². The highest BCUT2D eigenvalue weighted by Gasteiger charge is 2.17. The molecule has 0 spiro atoms. The topological polar surface area (TPSA) is 38.3 Å².